The molecular weight excluding hydrogens is 256 g/mol. The minimum atomic E-state index is -0.855. The second-order valence-corrected chi connectivity index (χ2v) is 5.48. The van der Waals surface area contributed by atoms with Crippen molar-refractivity contribution >= 4 is 11.6 Å². The highest BCUT2D eigenvalue weighted by atomic mass is 35.5. The van der Waals surface area contributed by atoms with Gasteiger partial charge < -0.3 is 5.11 Å². The van der Waals surface area contributed by atoms with E-state index in [2.05, 4.69) is 31.2 Å². The fourth-order valence-electron chi connectivity index (χ4n) is 2.23. The van der Waals surface area contributed by atoms with Crippen LogP contribution in [0.15, 0.2) is 48.5 Å². The minimum Gasteiger partial charge on any atom is -0.385 e. The number of aryl methyl sites for hydroxylation is 1. The zero-order valence-corrected chi connectivity index (χ0v) is 12.1. The van der Waals surface area contributed by atoms with Crippen molar-refractivity contribution in [1.29, 1.82) is 0 Å². The van der Waals surface area contributed by atoms with Crippen LogP contribution in [0.1, 0.15) is 24.5 Å². The van der Waals surface area contributed by atoms with E-state index in [0.29, 0.717) is 12.3 Å². The zero-order chi connectivity index (χ0) is 13.9. The predicted octanol–water partition coefficient (Wildman–Crippen LogP) is 4.50. The molecule has 0 bridgehead atoms. The molecule has 100 valence electrons. The van der Waals surface area contributed by atoms with Gasteiger partial charge in [-0.15, -0.1) is 11.6 Å². The van der Waals surface area contributed by atoms with Crippen molar-refractivity contribution in [2.45, 2.75) is 25.9 Å². The molecule has 0 aliphatic carbocycles. The van der Waals surface area contributed by atoms with Crippen LogP contribution in [0, 0.1) is 6.92 Å². The van der Waals surface area contributed by atoms with Crippen molar-refractivity contribution < 1.29 is 5.11 Å². The van der Waals surface area contributed by atoms with Crippen molar-refractivity contribution in [3.8, 4) is 11.1 Å². The van der Waals surface area contributed by atoms with E-state index in [4.69, 9.17) is 11.6 Å². The molecule has 0 saturated carbocycles. The fraction of sp³-hybridized carbons (Fsp3) is 0.294. The molecule has 0 spiro atoms. The Balaban J connectivity index is 2.31. The van der Waals surface area contributed by atoms with Gasteiger partial charge in [-0.3, -0.25) is 0 Å². The molecule has 0 aromatic heterocycles. The maximum Gasteiger partial charge on any atom is 0.0879 e. The summed E-state index contributed by atoms with van der Waals surface area (Å²) in [6.07, 6.45) is 0.554. The quantitative estimate of drug-likeness (QED) is 0.814. The number of hydrogen-bond acceptors (Lipinski definition) is 1. The van der Waals surface area contributed by atoms with Gasteiger partial charge in [-0.1, -0.05) is 48.5 Å². The van der Waals surface area contributed by atoms with E-state index in [0.717, 1.165) is 5.56 Å². The van der Waals surface area contributed by atoms with Gasteiger partial charge in [0.15, 0.2) is 0 Å². The standard InChI is InChI=1S/C17H19ClO/c1-13-5-3-4-6-16(13)14-7-9-15(10-8-14)17(2,19)11-12-18/h3-10,19H,11-12H2,1-2H3. The van der Waals surface area contributed by atoms with Crippen LogP contribution in [-0.4, -0.2) is 11.0 Å². The highest BCUT2D eigenvalue weighted by Crippen LogP contribution is 2.28. The first-order valence-corrected chi connectivity index (χ1v) is 7.03. The Hall–Kier alpha value is -1.31. The third-order valence-corrected chi connectivity index (χ3v) is 3.73. The Bertz CT molecular complexity index is 543. The number of aliphatic hydroxyl groups is 1. The van der Waals surface area contributed by atoms with E-state index in [1.54, 1.807) is 6.92 Å². The van der Waals surface area contributed by atoms with Gasteiger partial charge in [0.05, 0.1) is 5.60 Å². The highest BCUT2D eigenvalue weighted by Gasteiger charge is 2.21. The number of hydrogen-bond donors (Lipinski definition) is 1. The van der Waals surface area contributed by atoms with Crippen molar-refractivity contribution in [1.82, 2.24) is 0 Å². The van der Waals surface area contributed by atoms with E-state index in [1.807, 2.05) is 24.3 Å². The first-order chi connectivity index (χ1) is 9.04. The van der Waals surface area contributed by atoms with Crippen LogP contribution in [-0.2, 0) is 5.60 Å². The summed E-state index contributed by atoms with van der Waals surface area (Å²) in [5.41, 5.74) is 3.70. The molecule has 0 amide bonds. The second-order valence-electron chi connectivity index (χ2n) is 5.11. The van der Waals surface area contributed by atoms with Crippen LogP contribution < -0.4 is 0 Å². The van der Waals surface area contributed by atoms with Crippen molar-refractivity contribution in [2.24, 2.45) is 0 Å². The molecule has 0 heterocycles. The largest absolute Gasteiger partial charge is 0.385 e. The predicted molar refractivity (Wildman–Crippen MR) is 81.5 cm³/mol. The van der Waals surface area contributed by atoms with Crippen LogP contribution in [0.3, 0.4) is 0 Å². The normalized spacial score (nSPS) is 14.1. The lowest BCUT2D eigenvalue weighted by molar-refractivity contribution is 0.0540. The lowest BCUT2D eigenvalue weighted by Crippen LogP contribution is -2.21. The second kappa shape index (κ2) is 5.77. The van der Waals surface area contributed by atoms with Gasteiger partial charge in [-0.2, -0.15) is 0 Å². The lowest BCUT2D eigenvalue weighted by atomic mass is 9.91. The van der Waals surface area contributed by atoms with E-state index in [9.17, 15) is 5.11 Å². The zero-order valence-electron chi connectivity index (χ0n) is 11.4. The van der Waals surface area contributed by atoms with Crippen molar-refractivity contribution in [3.63, 3.8) is 0 Å². The number of halogens is 1. The Morgan fingerprint density at radius 2 is 1.68 bits per heavy atom. The van der Waals surface area contributed by atoms with Gasteiger partial charge in [0, 0.05) is 5.88 Å². The first kappa shape index (κ1) is 14.1. The van der Waals surface area contributed by atoms with Gasteiger partial charge in [0.25, 0.3) is 0 Å². The van der Waals surface area contributed by atoms with Gasteiger partial charge >= 0.3 is 0 Å². The number of alkyl halides is 1. The van der Waals surface area contributed by atoms with Gasteiger partial charge in [-0.25, -0.2) is 0 Å². The molecule has 0 radical (unpaired) electrons. The molecular formula is C17H19ClO. The summed E-state index contributed by atoms with van der Waals surface area (Å²) in [6, 6.07) is 16.4. The topological polar surface area (TPSA) is 20.2 Å². The molecule has 0 fully saturated rings. The average molecular weight is 275 g/mol. The summed E-state index contributed by atoms with van der Waals surface area (Å²) in [7, 11) is 0. The molecule has 2 heteroatoms. The molecule has 2 aromatic carbocycles. The van der Waals surface area contributed by atoms with E-state index in [1.165, 1.54) is 16.7 Å². The summed E-state index contributed by atoms with van der Waals surface area (Å²) in [4.78, 5) is 0. The summed E-state index contributed by atoms with van der Waals surface area (Å²) in [5.74, 6) is 0.451. The fourth-order valence-corrected chi connectivity index (χ4v) is 2.60. The average Bonchev–Trinajstić information content (AvgIpc) is 2.39. The molecule has 1 atom stereocenters. The van der Waals surface area contributed by atoms with E-state index < -0.39 is 5.60 Å². The monoisotopic (exact) mass is 274 g/mol. The van der Waals surface area contributed by atoms with Crippen LogP contribution in [0.4, 0.5) is 0 Å². The molecule has 0 aliphatic heterocycles. The maximum absolute atomic E-state index is 10.3. The van der Waals surface area contributed by atoms with Crippen molar-refractivity contribution in [3.05, 3.63) is 59.7 Å². The molecule has 19 heavy (non-hydrogen) atoms. The van der Waals surface area contributed by atoms with Crippen LogP contribution in [0.25, 0.3) is 11.1 Å². The van der Waals surface area contributed by atoms with E-state index in [-0.39, 0.29) is 0 Å². The summed E-state index contributed by atoms with van der Waals surface area (Å²) >= 11 is 5.72. The molecule has 0 aliphatic rings. The number of rotatable bonds is 4. The van der Waals surface area contributed by atoms with Crippen molar-refractivity contribution in [2.75, 3.05) is 5.88 Å². The smallest absolute Gasteiger partial charge is 0.0879 e. The Kier molecular flexibility index (Phi) is 4.28. The molecule has 1 unspecified atom stereocenters. The van der Waals surface area contributed by atoms with Gasteiger partial charge in [0.2, 0.25) is 0 Å². The van der Waals surface area contributed by atoms with Gasteiger partial charge in [-0.05, 0) is 42.5 Å². The maximum atomic E-state index is 10.3. The van der Waals surface area contributed by atoms with Crippen LogP contribution in [0.2, 0.25) is 0 Å². The summed E-state index contributed by atoms with van der Waals surface area (Å²) in [6.45, 7) is 3.91. The highest BCUT2D eigenvalue weighted by molar-refractivity contribution is 6.17. The van der Waals surface area contributed by atoms with Crippen LogP contribution in [0.5, 0.6) is 0 Å². The van der Waals surface area contributed by atoms with Gasteiger partial charge in [0.1, 0.15) is 0 Å². The number of benzene rings is 2. The Labute approximate surface area is 119 Å². The third kappa shape index (κ3) is 3.17. The first-order valence-electron chi connectivity index (χ1n) is 6.49. The molecule has 1 N–H and O–H groups in total. The lowest BCUT2D eigenvalue weighted by Gasteiger charge is -2.23. The SMILES string of the molecule is Cc1ccccc1-c1ccc(C(C)(O)CCCl)cc1. The summed E-state index contributed by atoms with van der Waals surface area (Å²) in [5, 5.41) is 10.3. The third-order valence-electron chi connectivity index (χ3n) is 3.54. The summed E-state index contributed by atoms with van der Waals surface area (Å²) < 4.78 is 0. The molecule has 2 aromatic rings. The minimum absolute atomic E-state index is 0.451. The Morgan fingerprint density at radius 1 is 1.05 bits per heavy atom. The Morgan fingerprint density at radius 3 is 2.26 bits per heavy atom. The molecule has 2 rings (SSSR count). The van der Waals surface area contributed by atoms with Crippen LogP contribution >= 0.6 is 11.6 Å². The van der Waals surface area contributed by atoms with E-state index >= 15 is 0 Å². The molecule has 0 saturated heterocycles. The molecule has 1 nitrogen and oxygen atoms in total.